The van der Waals surface area contributed by atoms with Crippen molar-refractivity contribution in [3.63, 3.8) is 0 Å². The zero-order valence-corrected chi connectivity index (χ0v) is 9.46. The first-order chi connectivity index (χ1) is 6.75. The van der Waals surface area contributed by atoms with Crippen molar-refractivity contribution in [2.75, 3.05) is 0 Å². The topological polar surface area (TPSA) is 17.1 Å². The molecule has 0 heterocycles. The van der Waals surface area contributed by atoms with E-state index in [1.54, 1.807) is 0 Å². The molecule has 2 heteroatoms. The van der Waals surface area contributed by atoms with E-state index < -0.39 is 0 Å². The normalized spacial score (nSPS) is 15.5. The summed E-state index contributed by atoms with van der Waals surface area (Å²) in [6.07, 6.45) is 5.28. The molecule has 0 bridgehead atoms. The van der Waals surface area contributed by atoms with Crippen LogP contribution in [0.2, 0.25) is 0 Å². The fraction of sp³-hybridized carbons (Fsp3) is 0.333. The summed E-state index contributed by atoms with van der Waals surface area (Å²) >= 11 is 3.35. The van der Waals surface area contributed by atoms with Gasteiger partial charge in [0.2, 0.25) is 0 Å². The third-order valence-electron chi connectivity index (χ3n) is 2.42. The summed E-state index contributed by atoms with van der Waals surface area (Å²) < 4.78 is 1.01. The lowest BCUT2D eigenvalue weighted by atomic mass is 10.1. The molecule has 1 aliphatic carbocycles. The minimum atomic E-state index is 0.226. The maximum atomic E-state index is 11.6. The fourth-order valence-corrected chi connectivity index (χ4v) is 1.62. The summed E-state index contributed by atoms with van der Waals surface area (Å²) in [5.74, 6) is 0.943. The smallest absolute Gasteiger partial charge is 0.163 e. The van der Waals surface area contributed by atoms with Crippen LogP contribution in [-0.2, 0) is 0 Å². The van der Waals surface area contributed by atoms with Gasteiger partial charge < -0.3 is 0 Å². The quantitative estimate of drug-likeness (QED) is 0.748. The van der Waals surface area contributed by atoms with Crippen molar-refractivity contribution in [3.05, 3.63) is 40.7 Å². The van der Waals surface area contributed by atoms with Crippen LogP contribution in [0.15, 0.2) is 28.7 Å². The van der Waals surface area contributed by atoms with E-state index in [9.17, 15) is 4.79 Å². The molecule has 1 aromatic rings. The van der Waals surface area contributed by atoms with Crippen LogP contribution in [0.3, 0.4) is 0 Å². The maximum Gasteiger partial charge on any atom is 0.163 e. The van der Waals surface area contributed by atoms with E-state index in [0.29, 0.717) is 6.42 Å². The average Bonchev–Trinajstić information content (AvgIpc) is 2.99. The molecule has 1 fully saturated rings. The van der Waals surface area contributed by atoms with Crippen molar-refractivity contribution in [1.29, 1.82) is 0 Å². The number of halogens is 1. The van der Waals surface area contributed by atoms with Crippen LogP contribution in [0, 0.1) is 12.3 Å². The molecule has 1 nitrogen and oxygen atoms in total. The molecule has 2 rings (SSSR count). The minimum absolute atomic E-state index is 0.226. The van der Waals surface area contributed by atoms with Crippen molar-refractivity contribution < 1.29 is 4.79 Å². The van der Waals surface area contributed by atoms with Gasteiger partial charge in [0.1, 0.15) is 0 Å². The lowest BCUT2D eigenvalue weighted by Gasteiger charge is -1.99. The summed E-state index contributed by atoms with van der Waals surface area (Å²) in [5.41, 5.74) is 0.810. The molecular formula is C12H12BrO. The molecule has 1 saturated carbocycles. The number of Topliss-reactive ketones (excluding diaryl/α,β-unsaturated/α-hetero) is 1. The summed E-state index contributed by atoms with van der Waals surface area (Å²) in [7, 11) is 0. The van der Waals surface area contributed by atoms with E-state index in [1.807, 2.05) is 24.3 Å². The predicted octanol–water partition coefficient (Wildman–Crippen LogP) is 3.64. The molecule has 0 saturated heterocycles. The van der Waals surface area contributed by atoms with Crippen LogP contribution >= 0.6 is 15.9 Å². The molecular weight excluding hydrogens is 240 g/mol. The molecule has 0 unspecified atom stereocenters. The second-order valence-electron chi connectivity index (χ2n) is 3.71. The van der Waals surface area contributed by atoms with Gasteiger partial charge in [-0.3, -0.25) is 4.79 Å². The van der Waals surface area contributed by atoms with E-state index in [2.05, 4.69) is 22.4 Å². The van der Waals surface area contributed by atoms with Crippen molar-refractivity contribution in [1.82, 2.24) is 0 Å². The third-order valence-corrected chi connectivity index (χ3v) is 2.95. The Bertz CT molecular complexity index is 325. The SMILES string of the molecule is O=C(C[CH]C1CC1)c1ccc(Br)cc1. The highest BCUT2D eigenvalue weighted by Gasteiger charge is 2.22. The highest BCUT2D eigenvalue weighted by Crippen LogP contribution is 2.33. The predicted molar refractivity (Wildman–Crippen MR) is 60.1 cm³/mol. The van der Waals surface area contributed by atoms with E-state index in [4.69, 9.17) is 0 Å². The van der Waals surface area contributed by atoms with Gasteiger partial charge in [0.05, 0.1) is 0 Å². The van der Waals surface area contributed by atoms with E-state index in [1.165, 1.54) is 12.8 Å². The third kappa shape index (κ3) is 2.68. The highest BCUT2D eigenvalue weighted by atomic mass is 79.9. The molecule has 1 aromatic carbocycles. The maximum absolute atomic E-state index is 11.6. The summed E-state index contributed by atoms with van der Waals surface area (Å²) in [6, 6.07) is 7.55. The summed E-state index contributed by atoms with van der Waals surface area (Å²) in [6.45, 7) is 0. The largest absolute Gasteiger partial charge is 0.294 e. The van der Waals surface area contributed by atoms with Crippen LogP contribution in [-0.4, -0.2) is 5.78 Å². The number of carbonyl (C=O) groups is 1. The number of benzene rings is 1. The molecule has 0 amide bonds. The van der Waals surface area contributed by atoms with Crippen LogP contribution in [0.25, 0.3) is 0 Å². The van der Waals surface area contributed by atoms with Gasteiger partial charge in [0.15, 0.2) is 5.78 Å². The number of rotatable bonds is 4. The van der Waals surface area contributed by atoms with Crippen LogP contribution in [0.1, 0.15) is 29.6 Å². The van der Waals surface area contributed by atoms with Crippen molar-refractivity contribution in [2.24, 2.45) is 5.92 Å². The lowest BCUT2D eigenvalue weighted by molar-refractivity contribution is 0.0990. The van der Waals surface area contributed by atoms with Gasteiger partial charge in [0.25, 0.3) is 0 Å². The zero-order valence-electron chi connectivity index (χ0n) is 7.87. The molecule has 0 aliphatic heterocycles. The Morgan fingerprint density at radius 2 is 2.00 bits per heavy atom. The number of hydrogen-bond acceptors (Lipinski definition) is 1. The summed E-state index contributed by atoms with van der Waals surface area (Å²) in [4.78, 5) is 11.6. The Morgan fingerprint density at radius 3 is 2.57 bits per heavy atom. The fourth-order valence-electron chi connectivity index (χ4n) is 1.36. The first-order valence-electron chi connectivity index (χ1n) is 4.88. The van der Waals surface area contributed by atoms with E-state index in [-0.39, 0.29) is 5.78 Å². The van der Waals surface area contributed by atoms with Crippen molar-refractivity contribution in [3.8, 4) is 0 Å². The van der Waals surface area contributed by atoms with E-state index >= 15 is 0 Å². The second-order valence-corrected chi connectivity index (χ2v) is 4.62. The van der Waals surface area contributed by atoms with Gasteiger partial charge in [0, 0.05) is 16.5 Å². The average molecular weight is 252 g/mol. The van der Waals surface area contributed by atoms with Crippen LogP contribution < -0.4 is 0 Å². The van der Waals surface area contributed by atoms with E-state index in [0.717, 1.165) is 16.0 Å². The van der Waals surface area contributed by atoms with Gasteiger partial charge in [-0.05, 0) is 37.3 Å². The monoisotopic (exact) mass is 251 g/mol. The Balaban J connectivity index is 1.92. The number of carbonyl (C=O) groups excluding carboxylic acids is 1. The molecule has 0 aromatic heterocycles. The Morgan fingerprint density at radius 1 is 1.36 bits per heavy atom. The molecule has 0 spiro atoms. The zero-order chi connectivity index (χ0) is 9.97. The van der Waals surface area contributed by atoms with Gasteiger partial charge in [-0.1, -0.05) is 28.1 Å². The van der Waals surface area contributed by atoms with Crippen molar-refractivity contribution >= 4 is 21.7 Å². The first kappa shape index (κ1) is 9.91. The molecule has 73 valence electrons. The van der Waals surface area contributed by atoms with Crippen LogP contribution in [0.4, 0.5) is 0 Å². The van der Waals surface area contributed by atoms with Gasteiger partial charge in [-0.2, -0.15) is 0 Å². The summed E-state index contributed by atoms with van der Waals surface area (Å²) in [5, 5.41) is 0. The van der Waals surface area contributed by atoms with Crippen LogP contribution in [0.5, 0.6) is 0 Å². The number of hydrogen-bond donors (Lipinski definition) is 0. The van der Waals surface area contributed by atoms with Gasteiger partial charge >= 0.3 is 0 Å². The number of ketones is 1. The standard InChI is InChI=1S/C12H12BrO/c13-11-6-4-10(5-7-11)12(14)8-3-9-1-2-9/h3-7,9H,1-2,8H2. The van der Waals surface area contributed by atoms with Crippen molar-refractivity contribution in [2.45, 2.75) is 19.3 Å². The Kier molecular flexibility index (Phi) is 3.02. The second kappa shape index (κ2) is 4.26. The minimum Gasteiger partial charge on any atom is -0.294 e. The van der Waals surface area contributed by atoms with Gasteiger partial charge in [-0.25, -0.2) is 0 Å². The molecule has 1 aliphatic rings. The lowest BCUT2D eigenvalue weighted by Crippen LogP contribution is -1.99. The molecule has 0 N–H and O–H groups in total. The highest BCUT2D eigenvalue weighted by molar-refractivity contribution is 9.10. The first-order valence-corrected chi connectivity index (χ1v) is 5.67. The Hall–Kier alpha value is -0.630. The molecule has 14 heavy (non-hydrogen) atoms. The molecule has 1 radical (unpaired) electrons. The molecule has 0 atom stereocenters. The van der Waals surface area contributed by atoms with Gasteiger partial charge in [-0.15, -0.1) is 0 Å². The Labute approximate surface area is 92.6 Å².